The van der Waals surface area contributed by atoms with Crippen LogP contribution in [0.15, 0.2) is 30.3 Å². The van der Waals surface area contributed by atoms with Crippen molar-refractivity contribution in [3.8, 4) is 11.5 Å². The van der Waals surface area contributed by atoms with Crippen LogP contribution in [-0.2, 0) is 0 Å². The van der Waals surface area contributed by atoms with Crippen LogP contribution >= 0.6 is 0 Å². The molecule has 0 saturated heterocycles. The van der Waals surface area contributed by atoms with E-state index < -0.39 is 35.0 Å². The highest BCUT2D eigenvalue weighted by Gasteiger charge is 2.20. The number of rotatable bonds is 5. The van der Waals surface area contributed by atoms with Gasteiger partial charge in [-0.05, 0) is 36.8 Å². The molecule has 1 N–H and O–H groups in total. The maximum absolute atomic E-state index is 13.7. The lowest BCUT2D eigenvalue weighted by molar-refractivity contribution is 0.0934. The zero-order valence-electron chi connectivity index (χ0n) is 13.3. The maximum atomic E-state index is 13.7. The summed E-state index contributed by atoms with van der Waals surface area (Å²) in [5, 5.41) is 2.52. The molecule has 0 heterocycles. The monoisotopic (exact) mass is 339 g/mol. The van der Waals surface area contributed by atoms with Crippen molar-refractivity contribution in [3.63, 3.8) is 0 Å². The predicted molar refractivity (Wildman–Crippen MR) is 81.7 cm³/mol. The minimum Gasteiger partial charge on any atom is -0.493 e. The van der Waals surface area contributed by atoms with Gasteiger partial charge in [0.2, 0.25) is 0 Å². The highest BCUT2D eigenvalue weighted by molar-refractivity contribution is 5.94. The van der Waals surface area contributed by atoms with E-state index in [4.69, 9.17) is 9.47 Å². The SMILES string of the molecule is COc1ccc(C(C)NC(=O)c2ccc(F)c(F)c2F)cc1OC. The third-order valence-electron chi connectivity index (χ3n) is 3.54. The van der Waals surface area contributed by atoms with Crippen molar-refractivity contribution in [1.82, 2.24) is 5.32 Å². The second-order valence-corrected chi connectivity index (χ2v) is 5.03. The summed E-state index contributed by atoms with van der Waals surface area (Å²) < 4.78 is 50.1. The molecule has 0 aliphatic heterocycles. The van der Waals surface area contributed by atoms with E-state index >= 15 is 0 Å². The molecule has 1 amide bonds. The number of amides is 1. The number of hydrogen-bond acceptors (Lipinski definition) is 3. The fraction of sp³-hybridized carbons (Fsp3) is 0.235. The van der Waals surface area contributed by atoms with Gasteiger partial charge in [-0.25, -0.2) is 13.2 Å². The molecule has 2 aromatic rings. The molecule has 2 aromatic carbocycles. The molecule has 7 heteroatoms. The fourth-order valence-electron chi connectivity index (χ4n) is 2.18. The van der Waals surface area contributed by atoms with Gasteiger partial charge in [-0.3, -0.25) is 4.79 Å². The number of hydrogen-bond donors (Lipinski definition) is 1. The average molecular weight is 339 g/mol. The highest BCUT2D eigenvalue weighted by atomic mass is 19.2. The molecule has 0 aliphatic carbocycles. The molecule has 0 fully saturated rings. The summed E-state index contributed by atoms with van der Waals surface area (Å²) in [5.74, 6) is -4.42. The van der Waals surface area contributed by atoms with Crippen LogP contribution < -0.4 is 14.8 Å². The standard InChI is InChI=1S/C17H16F3NO3/c1-9(10-4-7-13(23-2)14(8-10)24-3)21-17(22)11-5-6-12(18)16(20)15(11)19/h4-9H,1-3H3,(H,21,22). The van der Waals surface area contributed by atoms with Crippen LogP contribution in [0.4, 0.5) is 13.2 Å². The number of carbonyl (C=O) groups excluding carboxylic acids is 1. The fourth-order valence-corrected chi connectivity index (χ4v) is 2.18. The lowest BCUT2D eigenvalue weighted by Gasteiger charge is -2.17. The van der Waals surface area contributed by atoms with Crippen molar-refractivity contribution in [2.45, 2.75) is 13.0 Å². The number of nitrogens with one attached hydrogen (secondary N) is 1. The van der Waals surface area contributed by atoms with Gasteiger partial charge in [-0.2, -0.15) is 0 Å². The number of ether oxygens (including phenoxy) is 2. The number of methoxy groups -OCH3 is 2. The molecule has 128 valence electrons. The first-order chi connectivity index (χ1) is 11.4. The van der Waals surface area contributed by atoms with Crippen LogP contribution in [0.25, 0.3) is 0 Å². The van der Waals surface area contributed by atoms with E-state index in [9.17, 15) is 18.0 Å². The summed E-state index contributed by atoms with van der Waals surface area (Å²) in [6.07, 6.45) is 0. The quantitative estimate of drug-likeness (QED) is 0.847. The van der Waals surface area contributed by atoms with Crippen molar-refractivity contribution in [3.05, 3.63) is 58.9 Å². The second-order valence-electron chi connectivity index (χ2n) is 5.03. The van der Waals surface area contributed by atoms with E-state index in [2.05, 4.69) is 5.32 Å². The Morgan fingerprint density at radius 3 is 2.29 bits per heavy atom. The zero-order valence-corrected chi connectivity index (χ0v) is 13.3. The molecule has 0 radical (unpaired) electrons. The minimum atomic E-state index is -1.68. The van der Waals surface area contributed by atoms with Gasteiger partial charge in [0.1, 0.15) is 0 Å². The van der Waals surface area contributed by atoms with E-state index in [1.807, 2.05) is 0 Å². The molecule has 1 unspecified atom stereocenters. The summed E-state index contributed by atoms with van der Waals surface area (Å²) in [5.41, 5.74) is 0.102. The first-order valence-corrected chi connectivity index (χ1v) is 7.05. The average Bonchev–Trinajstić information content (AvgIpc) is 2.58. The summed E-state index contributed by atoms with van der Waals surface area (Å²) >= 11 is 0. The third kappa shape index (κ3) is 3.45. The van der Waals surface area contributed by atoms with Gasteiger partial charge in [-0.15, -0.1) is 0 Å². The number of benzene rings is 2. The molecule has 0 aromatic heterocycles. The summed E-state index contributed by atoms with van der Waals surface area (Å²) in [4.78, 5) is 12.1. The number of halogens is 3. The lowest BCUT2D eigenvalue weighted by atomic mass is 10.1. The smallest absolute Gasteiger partial charge is 0.254 e. The third-order valence-corrected chi connectivity index (χ3v) is 3.54. The Balaban J connectivity index is 2.22. The van der Waals surface area contributed by atoms with Crippen molar-refractivity contribution < 1.29 is 27.4 Å². The first-order valence-electron chi connectivity index (χ1n) is 7.05. The largest absolute Gasteiger partial charge is 0.493 e. The Hall–Kier alpha value is -2.70. The van der Waals surface area contributed by atoms with Gasteiger partial charge < -0.3 is 14.8 Å². The Labute approximate surface area is 137 Å². The van der Waals surface area contributed by atoms with Crippen LogP contribution in [0.5, 0.6) is 11.5 Å². The molecule has 4 nitrogen and oxygen atoms in total. The van der Waals surface area contributed by atoms with Crippen LogP contribution in [0.1, 0.15) is 28.9 Å². The lowest BCUT2D eigenvalue weighted by Crippen LogP contribution is -2.27. The van der Waals surface area contributed by atoms with Crippen LogP contribution in [0.2, 0.25) is 0 Å². The maximum Gasteiger partial charge on any atom is 0.254 e. The Morgan fingerprint density at radius 1 is 1.00 bits per heavy atom. The van der Waals surface area contributed by atoms with Gasteiger partial charge in [0.05, 0.1) is 25.8 Å². The molecule has 24 heavy (non-hydrogen) atoms. The summed E-state index contributed by atoms with van der Waals surface area (Å²) in [6, 6.07) is 6.09. The van der Waals surface area contributed by atoms with Crippen LogP contribution in [0, 0.1) is 17.5 Å². The topological polar surface area (TPSA) is 47.6 Å². The zero-order chi connectivity index (χ0) is 17.9. The molecule has 0 spiro atoms. The molecule has 0 saturated carbocycles. The van der Waals surface area contributed by atoms with Crippen molar-refractivity contribution in [2.24, 2.45) is 0 Å². The van der Waals surface area contributed by atoms with Gasteiger partial charge in [0, 0.05) is 0 Å². The van der Waals surface area contributed by atoms with Crippen LogP contribution in [0.3, 0.4) is 0 Å². The van der Waals surface area contributed by atoms with E-state index in [1.165, 1.54) is 14.2 Å². The molecule has 0 aliphatic rings. The molecule has 2 rings (SSSR count). The Morgan fingerprint density at radius 2 is 1.67 bits per heavy atom. The van der Waals surface area contributed by atoms with Gasteiger partial charge in [0.15, 0.2) is 29.0 Å². The molecular weight excluding hydrogens is 323 g/mol. The molecule has 0 bridgehead atoms. The van der Waals surface area contributed by atoms with E-state index in [0.717, 1.165) is 6.07 Å². The first kappa shape index (κ1) is 17.7. The van der Waals surface area contributed by atoms with Crippen molar-refractivity contribution >= 4 is 5.91 Å². The van der Waals surface area contributed by atoms with Gasteiger partial charge >= 0.3 is 0 Å². The minimum absolute atomic E-state index is 0.468. The molecular formula is C17H16F3NO3. The van der Waals surface area contributed by atoms with E-state index in [-0.39, 0.29) is 0 Å². The normalized spacial score (nSPS) is 11.8. The highest BCUT2D eigenvalue weighted by Crippen LogP contribution is 2.30. The van der Waals surface area contributed by atoms with Gasteiger partial charge in [0.25, 0.3) is 5.91 Å². The van der Waals surface area contributed by atoms with Gasteiger partial charge in [-0.1, -0.05) is 6.07 Å². The molecule has 1 atom stereocenters. The predicted octanol–water partition coefficient (Wildman–Crippen LogP) is 3.61. The van der Waals surface area contributed by atoms with Crippen molar-refractivity contribution in [1.29, 1.82) is 0 Å². The Bertz CT molecular complexity index is 765. The Kier molecular flexibility index (Phi) is 5.33. The number of carbonyl (C=O) groups is 1. The van der Waals surface area contributed by atoms with E-state index in [1.54, 1.807) is 25.1 Å². The van der Waals surface area contributed by atoms with E-state index in [0.29, 0.717) is 23.1 Å². The second kappa shape index (κ2) is 7.25. The summed E-state index contributed by atoms with van der Waals surface area (Å²) in [7, 11) is 2.97. The summed E-state index contributed by atoms with van der Waals surface area (Å²) in [6.45, 7) is 1.66. The van der Waals surface area contributed by atoms with Crippen molar-refractivity contribution in [2.75, 3.05) is 14.2 Å². The van der Waals surface area contributed by atoms with Crippen LogP contribution in [-0.4, -0.2) is 20.1 Å².